The number of hydrogen-bond donors (Lipinski definition) is 2. The average molecular weight is 562 g/mol. The fourth-order valence-electron chi connectivity index (χ4n) is 2.80. The number of carbonyl (C=O) groups is 1. The van der Waals surface area contributed by atoms with Gasteiger partial charge < -0.3 is 14.5 Å². The van der Waals surface area contributed by atoms with Gasteiger partial charge in [-0.3, -0.25) is 15.1 Å². The molecule has 0 unspecified atom stereocenters. The Balaban J connectivity index is 1.47. The van der Waals surface area contributed by atoms with E-state index in [1.807, 2.05) is 6.07 Å². The summed E-state index contributed by atoms with van der Waals surface area (Å²) in [4.78, 5) is 21.1. The standard InChI is InChI=1S/C21H14Br2N4O3S/c1-29-17-4-2-11(7-15(17)23)19(28)27-21(31)25-14-3-5-18-16(8-14)26-20(30-18)12-6-13(22)10-24-9-12/h2-10H,1H3,(H2,25,27,28,31). The molecule has 156 valence electrons. The number of oxazole rings is 1. The van der Waals surface area contributed by atoms with Crippen LogP contribution in [0.5, 0.6) is 5.75 Å². The lowest BCUT2D eigenvalue weighted by Gasteiger charge is -2.10. The third-order valence-electron chi connectivity index (χ3n) is 4.24. The molecule has 4 aromatic rings. The van der Waals surface area contributed by atoms with Crippen LogP contribution < -0.4 is 15.4 Å². The van der Waals surface area contributed by atoms with Crippen molar-refractivity contribution in [3.05, 3.63) is 69.4 Å². The van der Waals surface area contributed by atoms with E-state index in [4.69, 9.17) is 21.4 Å². The molecule has 0 radical (unpaired) electrons. The van der Waals surface area contributed by atoms with E-state index in [0.717, 1.165) is 10.0 Å². The van der Waals surface area contributed by atoms with Crippen molar-refractivity contribution in [3.8, 4) is 17.2 Å². The molecule has 2 aromatic heterocycles. The fraction of sp³-hybridized carbons (Fsp3) is 0.0476. The summed E-state index contributed by atoms with van der Waals surface area (Å²) in [5, 5.41) is 5.81. The molecule has 0 fully saturated rings. The van der Waals surface area contributed by atoms with Gasteiger partial charge in [0.25, 0.3) is 5.91 Å². The summed E-state index contributed by atoms with van der Waals surface area (Å²) in [7, 11) is 1.56. The topological polar surface area (TPSA) is 89.3 Å². The van der Waals surface area contributed by atoms with E-state index in [1.54, 1.807) is 55.9 Å². The van der Waals surface area contributed by atoms with Gasteiger partial charge in [0.05, 0.1) is 17.1 Å². The van der Waals surface area contributed by atoms with Gasteiger partial charge in [0, 0.05) is 28.1 Å². The molecule has 0 saturated heterocycles. The van der Waals surface area contributed by atoms with E-state index in [2.05, 4.69) is 52.5 Å². The fourth-order valence-corrected chi connectivity index (χ4v) is 3.92. The zero-order valence-corrected chi connectivity index (χ0v) is 20.0. The number of anilines is 1. The third kappa shape index (κ3) is 4.92. The number of aromatic nitrogens is 2. The summed E-state index contributed by atoms with van der Waals surface area (Å²) in [6.45, 7) is 0. The summed E-state index contributed by atoms with van der Waals surface area (Å²) in [5.74, 6) is 0.755. The molecule has 2 aromatic carbocycles. The van der Waals surface area contributed by atoms with Gasteiger partial charge in [-0.05, 0) is 86.5 Å². The Morgan fingerprint density at radius 2 is 1.97 bits per heavy atom. The van der Waals surface area contributed by atoms with Gasteiger partial charge in [-0.2, -0.15) is 0 Å². The summed E-state index contributed by atoms with van der Waals surface area (Å²) >= 11 is 12.0. The third-order valence-corrected chi connectivity index (χ3v) is 5.50. The highest BCUT2D eigenvalue weighted by Crippen LogP contribution is 2.27. The molecule has 0 bridgehead atoms. The van der Waals surface area contributed by atoms with Crippen LogP contribution in [0, 0.1) is 0 Å². The molecule has 0 atom stereocenters. The molecular formula is C21H14Br2N4O3S. The number of thiocarbonyl (C=S) groups is 1. The number of benzene rings is 2. The second-order valence-electron chi connectivity index (χ2n) is 6.35. The van der Waals surface area contributed by atoms with E-state index < -0.39 is 0 Å². The lowest BCUT2D eigenvalue weighted by molar-refractivity contribution is 0.0977. The molecule has 31 heavy (non-hydrogen) atoms. The Morgan fingerprint density at radius 1 is 1.13 bits per heavy atom. The summed E-state index contributed by atoms with van der Waals surface area (Å²) in [5.41, 5.74) is 3.14. The molecule has 2 heterocycles. The minimum absolute atomic E-state index is 0.163. The number of nitrogens with one attached hydrogen (secondary N) is 2. The number of ether oxygens (including phenoxy) is 1. The van der Waals surface area contributed by atoms with E-state index >= 15 is 0 Å². The first kappa shape index (κ1) is 21.4. The van der Waals surface area contributed by atoms with Crippen molar-refractivity contribution in [1.29, 1.82) is 0 Å². The second kappa shape index (κ2) is 9.13. The maximum Gasteiger partial charge on any atom is 0.257 e. The zero-order chi connectivity index (χ0) is 22.0. The first-order valence-corrected chi connectivity index (χ1v) is 10.9. The number of hydrogen-bond acceptors (Lipinski definition) is 6. The van der Waals surface area contributed by atoms with Gasteiger partial charge in [-0.25, -0.2) is 4.98 Å². The van der Waals surface area contributed by atoms with Gasteiger partial charge in [0.15, 0.2) is 10.7 Å². The van der Waals surface area contributed by atoms with E-state index in [0.29, 0.717) is 38.5 Å². The van der Waals surface area contributed by atoms with Crippen molar-refractivity contribution in [2.24, 2.45) is 0 Å². The van der Waals surface area contributed by atoms with Gasteiger partial charge >= 0.3 is 0 Å². The predicted octanol–water partition coefficient (Wildman–Crippen LogP) is 5.55. The van der Waals surface area contributed by atoms with Crippen molar-refractivity contribution in [2.45, 2.75) is 0 Å². The number of rotatable bonds is 4. The molecule has 0 saturated carbocycles. The second-order valence-corrected chi connectivity index (χ2v) is 8.53. The van der Waals surface area contributed by atoms with Crippen LogP contribution in [0.1, 0.15) is 10.4 Å². The summed E-state index contributed by atoms with van der Waals surface area (Å²) in [6.07, 6.45) is 3.37. The molecule has 2 N–H and O–H groups in total. The van der Waals surface area contributed by atoms with Crippen LogP contribution in [0.3, 0.4) is 0 Å². The highest BCUT2D eigenvalue weighted by molar-refractivity contribution is 9.10. The number of amides is 1. The molecule has 4 rings (SSSR count). The van der Waals surface area contributed by atoms with Gasteiger partial charge in [0.1, 0.15) is 11.3 Å². The first-order valence-electron chi connectivity index (χ1n) is 8.90. The lowest BCUT2D eigenvalue weighted by atomic mass is 10.2. The normalized spacial score (nSPS) is 10.7. The Hall–Kier alpha value is -2.82. The smallest absolute Gasteiger partial charge is 0.257 e. The summed E-state index contributed by atoms with van der Waals surface area (Å²) in [6, 6.07) is 12.3. The van der Waals surface area contributed by atoms with E-state index in [-0.39, 0.29) is 11.0 Å². The molecule has 1 amide bonds. The molecular weight excluding hydrogens is 548 g/mol. The highest BCUT2D eigenvalue weighted by atomic mass is 79.9. The van der Waals surface area contributed by atoms with Crippen molar-refractivity contribution < 1.29 is 13.9 Å². The van der Waals surface area contributed by atoms with Gasteiger partial charge in [0.2, 0.25) is 5.89 Å². The van der Waals surface area contributed by atoms with Crippen molar-refractivity contribution in [2.75, 3.05) is 12.4 Å². The van der Waals surface area contributed by atoms with Gasteiger partial charge in [-0.1, -0.05) is 0 Å². The predicted molar refractivity (Wildman–Crippen MR) is 129 cm³/mol. The molecule has 0 aliphatic heterocycles. The lowest BCUT2D eigenvalue weighted by Crippen LogP contribution is -2.34. The van der Waals surface area contributed by atoms with E-state index in [1.165, 1.54) is 0 Å². The number of pyridine rings is 1. The number of carbonyl (C=O) groups excluding carboxylic acids is 1. The SMILES string of the molecule is COc1ccc(C(=O)NC(=S)Nc2ccc3oc(-c4cncc(Br)c4)nc3c2)cc1Br. The Labute approximate surface area is 199 Å². The first-order chi connectivity index (χ1) is 14.9. The van der Waals surface area contributed by atoms with Crippen LogP contribution in [-0.2, 0) is 0 Å². The molecule has 0 aliphatic carbocycles. The highest BCUT2D eigenvalue weighted by Gasteiger charge is 2.13. The number of fused-ring (bicyclic) bond motifs is 1. The largest absolute Gasteiger partial charge is 0.496 e. The molecule has 10 heteroatoms. The van der Waals surface area contributed by atoms with Crippen LogP contribution in [0.4, 0.5) is 5.69 Å². The molecule has 0 spiro atoms. The molecule has 0 aliphatic rings. The minimum atomic E-state index is -0.340. The minimum Gasteiger partial charge on any atom is -0.496 e. The quantitative estimate of drug-likeness (QED) is 0.316. The Kier molecular flexibility index (Phi) is 6.30. The van der Waals surface area contributed by atoms with Gasteiger partial charge in [-0.15, -0.1) is 0 Å². The van der Waals surface area contributed by atoms with Crippen LogP contribution >= 0.6 is 44.1 Å². The van der Waals surface area contributed by atoms with Crippen molar-refractivity contribution in [1.82, 2.24) is 15.3 Å². The van der Waals surface area contributed by atoms with Crippen LogP contribution in [0.2, 0.25) is 0 Å². The van der Waals surface area contributed by atoms with Crippen LogP contribution in [0.25, 0.3) is 22.6 Å². The van der Waals surface area contributed by atoms with Crippen molar-refractivity contribution in [3.63, 3.8) is 0 Å². The average Bonchev–Trinajstić information content (AvgIpc) is 3.17. The monoisotopic (exact) mass is 560 g/mol. The summed E-state index contributed by atoms with van der Waals surface area (Å²) < 4.78 is 12.5. The Bertz CT molecular complexity index is 1310. The number of nitrogens with zero attached hydrogens (tertiary/aromatic N) is 2. The number of methoxy groups -OCH3 is 1. The number of halogens is 2. The molecule has 7 nitrogen and oxygen atoms in total. The Morgan fingerprint density at radius 3 is 2.71 bits per heavy atom. The maximum absolute atomic E-state index is 12.5. The van der Waals surface area contributed by atoms with Crippen molar-refractivity contribution >= 4 is 71.9 Å². The maximum atomic E-state index is 12.5. The van der Waals surface area contributed by atoms with E-state index in [9.17, 15) is 4.79 Å². The zero-order valence-electron chi connectivity index (χ0n) is 16.0. The van der Waals surface area contributed by atoms with Crippen LogP contribution in [-0.4, -0.2) is 28.1 Å². The van der Waals surface area contributed by atoms with Crippen LogP contribution in [0.15, 0.2) is 68.2 Å².